The first kappa shape index (κ1) is 20.6. The van der Waals surface area contributed by atoms with Crippen LogP contribution in [0.2, 0.25) is 0 Å². The van der Waals surface area contributed by atoms with Gasteiger partial charge in [0.05, 0.1) is 0 Å². The van der Waals surface area contributed by atoms with E-state index >= 15 is 0 Å². The quantitative estimate of drug-likeness (QED) is 0.635. The minimum Gasteiger partial charge on any atom is -0.348 e. The predicted octanol–water partition coefficient (Wildman–Crippen LogP) is 3.95. The second-order valence-electron chi connectivity index (χ2n) is 7.52. The van der Waals surface area contributed by atoms with Gasteiger partial charge in [-0.1, -0.05) is 26.0 Å². The van der Waals surface area contributed by atoms with Crippen LogP contribution < -0.4 is 16.0 Å². The van der Waals surface area contributed by atoms with Gasteiger partial charge in [-0.05, 0) is 61.2 Å². The SMILES string of the molecule is CCC(C)C(=O)Nc1cccc(CNC(=O)c2ccc(NC(=O)C3CC3)cc2)c1. The highest BCUT2D eigenvalue weighted by Gasteiger charge is 2.29. The first-order valence-corrected chi connectivity index (χ1v) is 10.0. The van der Waals surface area contributed by atoms with E-state index in [2.05, 4.69) is 16.0 Å². The Morgan fingerprint density at radius 1 is 1.00 bits per heavy atom. The Kier molecular flexibility index (Phi) is 6.65. The van der Waals surface area contributed by atoms with Crippen molar-refractivity contribution < 1.29 is 14.4 Å². The van der Waals surface area contributed by atoms with Gasteiger partial charge in [0, 0.05) is 35.3 Å². The van der Waals surface area contributed by atoms with Crippen molar-refractivity contribution in [3.63, 3.8) is 0 Å². The lowest BCUT2D eigenvalue weighted by molar-refractivity contribution is -0.119. The summed E-state index contributed by atoms with van der Waals surface area (Å²) in [5.41, 5.74) is 2.84. The third-order valence-electron chi connectivity index (χ3n) is 5.07. The molecule has 0 saturated heterocycles. The summed E-state index contributed by atoms with van der Waals surface area (Å²) in [6.45, 7) is 4.22. The molecule has 1 fully saturated rings. The number of benzene rings is 2. The van der Waals surface area contributed by atoms with Gasteiger partial charge in [-0.2, -0.15) is 0 Å². The third-order valence-corrected chi connectivity index (χ3v) is 5.07. The van der Waals surface area contributed by atoms with Crippen molar-refractivity contribution in [3.05, 3.63) is 59.7 Å². The Hall–Kier alpha value is -3.15. The molecule has 3 rings (SSSR count). The maximum absolute atomic E-state index is 12.4. The largest absolute Gasteiger partial charge is 0.348 e. The standard InChI is InChI=1S/C23H27N3O3/c1-3-15(2)21(27)26-20-6-4-5-16(13-20)14-24-22(28)17-9-11-19(12-10-17)25-23(29)18-7-8-18/h4-6,9-13,15,18H,3,7-8,14H2,1-2H3,(H,24,28)(H,25,29)(H,26,27). The van der Waals surface area contributed by atoms with Crippen molar-refractivity contribution >= 4 is 29.1 Å². The molecule has 1 saturated carbocycles. The van der Waals surface area contributed by atoms with Gasteiger partial charge < -0.3 is 16.0 Å². The van der Waals surface area contributed by atoms with Gasteiger partial charge in [-0.3, -0.25) is 14.4 Å². The Labute approximate surface area is 171 Å². The van der Waals surface area contributed by atoms with E-state index in [4.69, 9.17) is 0 Å². The molecule has 1 unspecified atom stereocenters. The maximum atomic E-state index is 12.4. The molecule has 6 nitrogen and oxygen atoms in total. The minimum absolute atomic E-state index is 0.0115. The van der Waals surface area contributed by atoms with Crippen LogP contribution in [0.1, 0.15) is 49.0 Å². The van der Waals surface area contributed by atoms with Crippen LogP contribution in [-0.2, 0) is 16.1 Å². The summed E-state index contributed by atoms with van der Waals surface area (Å²) in [6.07, 6.45) is 2.69. The smallest absolute Gasteiger partial charge is 0.251 e. The highest BCUT2D eigenvalue weighted by Crippen LogP contribution is 2.30. The van der Waals surface area contributed by atoms with Crippen LogP contribution in [-0.4, -0.2) is 17.7 Å². The lowest BCUT2D eigenvalue weighted by Crippen LogP contribution is -2.23. The summed E-state index contributed by atoms with van der Waals surface area (Å²) in [4.78, 5) is 36.2. The van der Waals surface area contributed by atoms with E-state index in [0.29, 0.717) is 17.8 Å². The molecule has 2 aromatic carbocycles. The molecule has 0 aromatic heterocycles. The Morgan fingerprint density at radius 2 is 1.72 bits per heavy atom. The number of rotatable bonds is 8. The van der Waals surface area contributed by atoms with Crippen LogP contribution >= 0.6 is 0 Å². The zero-order valence-electron chi connectivity index (χ0n) is 16.8. The molecule has 0 aliphatic heterocycles. The molecule has 0 spiro atoms. The highest BCUT2D eigenvalue weighted by atomic mass is 16.2. The van der Waals surface area contributed by atoms with E-state index < -0.39 is 0 Å². The van der Waals surface area contributed by atoms with E-state index in [1.54, 1.807) is 24.3 Å². The fraction of sp³-hybridized carbons (Fsp3) is 0.348. The molecule has 6 heteroatoms. The van der Waals surface area contributed by atoms with Crippen molar-refractivity contribution in [1.29, 1.82) is 0 Å². The summed E-state index contributed by atoms with van der Waals surface area (Å²) in [6, 6.07) is 14.3. The second kappa shape index (κ2) is 9.37. The fourth-order valence-electron chi connectivity index (χ4n) is 2.79. The summed E-state index contributed by atoms with van der Waals surface area (Å²) < 4.78 is 0. The second-order valence-corrected chi connectivity index (χ2v) is 7.52. The molecule has 3 N–H and O–H groups in total. The molecular formula is C23H27N3O3. The zero-order chi connectivity index (χ0) is 20.8. The highest BCUT2D eigenvalue weighted by molar-refractivity contribution is 5.97. The lowest BCUT2D eigenvalue weighted by atomic mass is 10.1. The van der Waals surface area contributed by atoms with E-state index in [-0.39, 0.29) is 29.6 Å². The zero-order valence-corrected chi connectivity index (χ0v) is 16.8. The van der Waals surface area contributed by atoms with Crippen LogP contribution in [0.5, 0.6) is 0 Å². The first-order chi connectivity index (χ1) is 14.0. The molecule has 0 radical (unpaired) electrons. The minimum atomic E-state index is -0.195. The van der Waals surface area contributed by atoms with Gasteiger partial charge in [0.25, 0.3) is 5.91 Å². The predicted molar refractivity (Wildman–Crippen MR) is 113 cm³/mol. The molecule has 1 aliphatic carbocycles. The topological polar surface area (TPSA) is 87.3 Å². The average molecular weight is 393 g/mol. The molecule has 29 heavy (non-hydrogen) atoms. The van der Waals surface area contributed by atoms with Crippen molar-refractivity contribution in [1.82, 2.24) is 5.32 Å². The molecule has 152 valence electrons. The average Bonchev–Trinajstić information content (AvgIpc) is 3.57. The van der Waals surface area contributed by atoms with E-state index in [0.717, 1.165) is 30.5 Å². The van der Waals surface area contributed by atoms with Crippen molar-refractivity contribution in [3.8, 4) is 0 Å². The molecule has 2 aromatic rings. The summed E-state index contributed by atoms with van der Waals surface area (Å²) in [7, 11) is 0. The number of carbonyl (C=O) groups excluding carboxylic acids is 3. The van der Waals surface area contributed by atoms with Crippen LogP contribution in [0.15, 0.2) is 48.5 Å². The van der Waals surface area contributed by atoms with Crippen LogP contribution in [0, 0.1) is 11.8 Å². The fourth-order valence-corrected chi connectivity index (χ4v) is 2.79. The molecular weight excluding hydrogens is 366 g/mol. The van der Waals surface area contributed by atoms with Gasteiger partial charge in [0.2, 0.25) is 11.8 Å². The van der Waals surface area contributed by atoms with Crippen molar-refractivity contribution in [2.24, 2.45) is 11.8 Å². The Morgan fingerprint density at radius 3 is 2.38 bits per heavy atom. The van der Waals surface area contributed by atoms with E-state index in [1.807, 2.05) is 38.1 Å². The van der Waals surface area contributed by atoms with Gasteiger partial charge in [-0.15, -0.1) is 0 Å². The Balaban J connectivity index is 1.52. The number of hydrogen-bond donors (Lipinski definition) is 3. The van der Waals surface area contributed by atoms with Crippen LogP contribution in [0.25, 0.3) is 0 Å². The van der Waals surface area contributed by atoms with Gasteiger partial charge in [-0.25, -0.2) is 0 Å². The van der Waals surface area contributed by atoms with Gasteiger partial charge in [0.1, 0.15) is 0 Å². The number of anilines is 2. The van der Waals surface area contributed by atoms with Crippen LogP contribution in [0.4, 0.5) is 11.4 Å². The molecule has 1 aliphatic rings. The summed E-state index contributed by atoms with van der Waals surface area (Å²) >= 11 is 0. The van der Waals surface area contributed by atoms with E-state index in [9.17, 15) is 14.4 Å². The van der Waals surface area contributed by atoms with Gasteiger partial charge >= 0.3 is 0 Å². The monoisotopic (exact) mass is 393 g/mol. The van der Waals surface area contributed by atoms with Crippen LogP contribution in [0.3, 0.4) is 0 Å². The summed E-state index contributed by atoms with van der Waals surface area (Å²) in [5, 5.41) is 8.64. The van der Waals surface area contributed by atoms with E-state index in [1.165, 1.54) is 0 Å². The Bertz CT molecular complexity index is 888. The number of hydrogen-bond acceptors (Lipinski definition) is 3. The third kappa shape index (κ3) is 5.91. The summed E-state index contributed by atoms with van der Waals surface area (Å²) in [5.74, 6) is -0.0664. The molecule has 3 amide bonds. The van der Waals surface area contributed by atoms with Gasteiger partial charge in [0.15, 0.2) is 0 Å². The van der Waals surface area contributed by atoms with Crippen molar-refractivity contribution in [2.75, 3.05) is 10.6 Å². The van der Waals surface area contributed by atoms with Crippen molar-refractivity contribution in [2.45, 2.75) is 39.7 Å². The number of carbonyl (C=O) groups is 3. The molecule has 0 bridgehead atoms. The molecule has 0 heterocycles. The maximum Gasteiger partial charge on any atom is 0.251 e. The first-order valence-electron chi connectivity index (χ1n) is 10.0. The normalized spacial score (nSPS) is 14.0. The lowest BCUT2D eigenvalue weighted by Gasteiger charge is -2.12. The number of amides is 3. The molecule has 1 atom stereocenters. The number of nitrogens with one attached hydrogen (secondary N) is 3.